The maximum atomic E-state index is 10.9. The molecule has 0 radical (unpaired) electrons. The van der Waals surface area contributed by atoms with Gasteiger partial charge >= 0.3 is 5.97 Å². The van der Waals surface area contributed by atoms with Crippen LogP contribution in [0.4, 0.5) is 0 Å². The van der Waals surface area contributed by atoms with Gasteiger partial charge in [0.15, 0.2) is 5.69 Å². The van der Waals surface area contributed by atoms with Crippen molar-refractivity contribution in [3.05, 3.63) is 35.5 Å². The van der Waals surface area contributed by atoms with Gasteiger partial charge in [0.05, 0.1) is 11.7 Å². The third-order valence-electron chi connectivity index (χ3n) is 2.09. The molecule has 1 aromatic heterocycles. The van der Waals surface area contributed by atoms with Crippen molar-refractivity contribution in [1.82, 2.24) is 8.75 Å². The highest BCUT2D eigenvalue weighted by atomic mass is 32.1. The van der Waals surface area contributed by atoms with Gasteiger partial charge in [-0.1, -0.05) is 24.3 Å². The third-order valence-corrected chi connectivity index (χ3v) is 2.62. The lowest BCUT2D eigenvalue weighted by Crippen LogP contribution is -1.99. The molecule has 0 atom stereocenters. The van der Waals surface area contributed by atoms with E-state index in [-0.39, 0.29) is 5.69 Å². The Hall–Kier alpha value is -1.75. The molecule has 4 nitrogen and oxygen atoms in total. The van der Waals surface area contributed by atoms with E-state index in [1.54, 1.807) is 0 Å². The third kappa shape index (κ3) is 1.73. The van der Waals surface area contributed by atoms with Crippen LogP contribution in [0.2, 0.25) is 0 Å². The zero-order chi connectivity index (χ0) is 10.8. The average Bonchev–Trinajstić information content (AvgIpc) is 2.67. The van der Waals surface area contributed by atoms with Gasteiger partial charge in [-0.3, -0.25) is 0 Å². The zero-order valence-electron chi connectivity index (χ0n) is 7.97. The molecular weight excluding hydrogens is 212 g/mol. The first-order valence-electron chi connectivity index (χ1n) is 4.32. The molecule has 0 spiro atoms. The molecule has 1 N–H and O–H groups in total. The monoisotopic (exact) mass is 220 g/mol. The van der Waals surface area contributed by atoms with E-state index < -0.39 is 5.97 Å². The molecule has 1 heterocycles. The molecule has 2 rings (SSSR count). The number of carboxylic acids is 1. The van der Waals surface area contributed by atoms with E-state index in [4.69, 9.17) is 5.11 Å². The van der Waals surface area contributed by atoms with E-state index in [9.17, 15) is 4.79 Å². The molecule has 0 bridgehead atoms. The maximum absolute atomic E-state index is 10.9. The van der Waals surface area contributed by atoms with Crippen LogP contribution >= 0.6 is 11.7 Å². The Kier molecular flexibility index (Phi) is 2.47. The summed E-state index contributed by atoms with van der Waals surface area (Å²) in [5.74, 6) is -1.04. The Morgan fingerprint density at radius 3 is 2.73 bits per heavy atom. The summed E-state index contributed by atoms with van der Waals surface area (Å²) < 4.78 is 7.78. The van der Waals surface area contributed by atoms with Crippen molar-refractivity contribution < 1.29 is 9.90 Å². The molecule has 2 aromatic rings. The molecule has 0 aliphatic carbocycles. The summed E-state index contributed by atoms with van der Waals surface area (Å²) in [6.07, 6.45) is 0. The van der Waals surface area contributed by atoms with Crippen LogP contribution in [0.15, 0.2) is 24.3 Å². The van der Waals surface area contributed by atoms with Gasteiger partial charge in [-0.05, 0) is 12.5 Å². The van der Waals surface area contributed by atoms with Gasteiger partial charge in [0, 0.05) is 5.56 Å². The second kappa shape index (κ2) is 3.78. The number of aryl methyl sites for hydroxylation is 1. The number of hydrogen-bond acceptors (Lipinski definition) is 4. The number of nitrogens with zero attached hydrogens (tertiary/aromatic N) is 2. The molecule has 0 amide bonds. The summed E-state index contributed by atoms with van der Waals surface area (Å²) in [7, 11) is 0. The van der Waals surface area contributed by atoms with E-state index in [0.717, 1.165) is 22.9 Å². The molecular formula is C10H8N2O2S. The summed E-state index contributed by atoms with van der Waals surface area (Å²) in [6, 6.07) is 7.52. The summed E-state index contributed by atoms with van der Waals surface area (Å²) >= 11 is 0.917. The van der Waals surface area contributed by atoms with E-state index in [2.05, 4.69) is 8.75 Å². The van der Waals surface area contributed by atoms with Crippen LogP contribution in [-0.4, -0.2) is 19.8 Å². The van der Waals surface area contributed by atoms with Crippen molar-refractivity contribution >= 4 is 17.7 Å². The highest BCUT2D eigenvalue weighted by molar-refractivity contribution is 6.99. The molecule has 0 saturated heterocycles. The van der Waals surface area contributed by atoms with Gasteiger partial charge < -0.3 is 5.11 Å². The zero-order valence-corrected chi connectivity index (χ0v) is 8.78. The van der Waals surface area contributed by atoms with Crippen LogP contribution in [0.3, 0.4) is 0 Å². The van der Waals surface area contributed by atoms with E-state index >= 15 is 0 Å². The van der Waals surface area contributed by atoms with Gasteiger partial charge in [0.25, 0.3) is 0 Å². The Balaban J connectivity index is 2.59. The lowest BCUT2D eigenvalue weighted by molar-refractivity contribution is 0.0692. The van der Waals surface area contributed by atoms with Crippen LogP contribution in [0.5, 0.6) is 0 Å². The minimum atomic E-state index is -1.04. The molecule has 15 heavy (non-hydrogen) atoms. The molecule has 0 saturated carbocycles. The lowest BCUT2D eigenvalue weighted by atomic mass is 10.0. The highest BCUT2D eigenvalue weighted by Crippen LogP contribution is 2.24. The first-order chi connectivity index (χ1) is 7.20. The molecule has 0 aliphatic rings. The number of aromatic carboxylic acids is 1. The van der Waals surface area contributed by atoms with Crippen molar-refractivity contribution in [2.24, 2.45) is 0 Å². The maximum Gasteiger partial charge on any atom is 0.357 e. The smallest absolute Gasteiger partial charge is 0.357 e. The number of rotatable bonds is 2. The molecule has 5 heteroatoms. The summed E-state index contributed by atoms with van der Waals surface area (Å²) in [5, 5.41) is 8.91. The van der Waals surface area contributed by atoms with Crippen LogP contribution in [0.25, 0.3) is 11.3 Å². The van der Waals surface area contributed by atoms with Crippen LogP contribution in [0, 0.1) is 6.92 Å². The minimum Gasteiger partial charge on any atom is -0.476 e. The van der Waals surface area contributed by atoms with E-state index in [0.29, 0.717) is 5.69 Å². The normalized spacial score (nSPS) is 10.2. The van der Waals surface area contributed by atoms with E-state index in [1.165, 1.54) is 0 Å². The van der Waals surface area contributed by atoms with Gasteiger partial charge in [-0.25, -0.2) is 4.79 Å². The fourth-order valence-electron chi connectivity index (χ4n) is 1.34. The van der Waals surface area contributed by atoms with Gasteiger partial charge in [0.2, 0.25) is 0 Å². The number of aromatic nitrogens is 2. The lowest BCUT2D eigenvalue weighted by Gasteiger charge is -2.01. The SMILES string of the molecule is Cc1ccccc1-c1nsnc1C(=O)O. The second-order valence-electron chi connectivity index (χ2n) is 3.08. The first kappa shape index (κ1) is 9.79. The quantitative estimate of drug-likeness (QED) is 0.842. The van der Waals surface area contributed by atoms with Gasteiger partial charge in [-0.15, -0.1) is 0 Å². The molecule has 0 aliphatic heterocycles. The fourth-order valence-corrected chi connectivity index (χ4v) is 1.90. The van der Waals surface area contributed by atoms with Crippen molar-refractivity contribution in [2.45, 2.75) is 6.92 Å². The predicted octanol–water partition coefficient (Wildman–Crippen LogP) is 2.21. The first-order valence-corrected chi connectivity index (χ1v) is 5.05. The Labute approximate surface area is 90.5 Å². The minimum absolute atomic E-state index is 0.0225. The molecule has 0 unspecified atom stereocenters. The predicted molar refractivity (Wildman–Crippen MR) is 57.0 cm³/mol. The molecule has 1 aromatic carbocycles. The Morgan fingerprint density at radius 2 is 2.07 bits per heavy atom. The topological polar surface area (TPSA) is 63.1 Å². The number of hydrogen-bond donors (Lipinski definition) is 1. The number of carboxylic acid groups (broad SMARTS) is 1. The molecule has 0 fully saturated rings. The number of benzene rings is 1. The van der Waals surface area contributed by atoms with Crippen molar-refractivity contribution in [3.63, 3.8) is 0 Å². The second-order valence-corrected chi connectivity index (χ2v) is 3.61. The highest BCUT2D eigenvalue weighted by Gasteiger charge is 2.17. The van der Waals surface area contributed by atoms with Crippen molar-refractivity contribution in [3.8, 4) is 11.3 Å². The Morgan fingerprint density at radius 1 is 1.33 bits per heavy atom. The van der Waals surface area contributed by atoms with Gasteiger partial charge in [-0.2, -0.15) is 8.75 Å². The summed E-state index contributed by atoms with van der Waals surface area (Å²) in [5.41, 5.74) is 2.29. The Bertz CT molecular complexity index is 508. The number of carbonyl (C=O) groups is 1. The fraction of sp³-hybridized carbons (Fsp3) is 0.100. The standard InChI is InChI=1S/C10H8N2O2S/c1-6-4-2-3-5-7(6)8-9(10(13)14)12-15-11-8/h2-5H,1H3,(H,13,14). The summed E-state index contributed by atoms with van der Waals surface area (Å²) in [4.78, 5) is 10.9. The van der Waals surface area contributed by atoms with Crippen LogP contribution < -0.4 is 0 Å². The van der Waals surface area contributed by atoms with Gasteiger partial charge in [0.1, 0.15) is 5.69 Å². The van der Waals surface area contributed by atoms with Crippen LogP contribution in [-0.2, 0) is 0 Å². The summed E-state index contributed by atoms with van der Waals surface area (Å²) in [6.45, 7) is 1.92. The van der Waals surface area contributed by atoms with Crippen LogP contribution in [0.1, 0.15) is 16.1 Å². The molecule has 76 valence electrons. The van der Waals surface area contributed by atoms with E-state index in [1.807, 2.05) is 31.2 Å². The average molecular weight is 220 g/mol. The van der Waals surface area contributed by atoms with Crippen molar-refractivity contribution in [1.29, 1.82) is 0 Å². The largest absolute Gasteiger partial charge is 0.476 e. The van der Waals surface area contributed by atoms with Crippen molar-refractivity contribution in [2.75, 3.05) is 0 Å².